The van der Waals surface area contributed by atoms with Gasteiger partial charge >= 0.3 is 0 Å². The maximum atomic E-state index is 10.9. The first-order chi connectivity index (χ1) is 5.11. The fourth-order valence-corrected chi connectivity index (χ4v) is 0.766. The van der Waals surface area contributed by atoms with Crippen LogP contribution in [-0.4, -0.2) is 10.9 Å². The van der Waals surface area contributed by atoms with Gasteiger partial charge in [0.2, 0.25) is 0 Å². The highest BCUT2D eigenvalue weighted by Crippen LogP contribution is 1.90. The average molecular weight is 189 g/mol. The Morgan fingerprint density at radius 2 is 2.08 bits per heavy atom. The maximum Gasteiger partial charge on any atom is 0.260 e. The van der Waals surface area contributed by atoms with E-state index in [1.54, 1.807) is 13.0 Å². The molecule has 0 radical (unpaired) electrons. The number of nitrogens with two attached hydrogens (primary N) is 1. The van der Waals surface area contributed by atoms with E-state index < -0.39 is 11.5 Å². The molecule has 3 N–H and O–H groups in total. The van der Waals surface area contributed by atoms with Crippen molar-refractivity contribution >= 4 is 18.3 Å². The van der Waals surface area contributed by atoms with Crippen LogP contribution in [0.4, 0.5) is 0 Å². The number of aromatic amines is 1. The Hall–Kier alpha value is -1.29. The number of carbonyl (C=O) groups excluding carboxylic acids is 1. The highest BCUT2D eigenvalue weighted by molar-refractivity contribution is 5.92. The Labute approximate surface area is 75.2 Å². The van der Waals surface area contributed by atoms with Gasteiger partial charge in [-0.05, 0) is 19.1 Å². The Bertz CT molecular complexity index is 346. The molecule has 0 saturated carbocycles. The predicted octanol–water partition coefficient (Wildman–Crippen LogP) is 0.204. The highest BCUT2D eigenvalue weighted by Gasteiger charge is 2.03. The Morgan fingerprint density at radius 1 is 1.50 bits per heavy atom. The molecule has 5 heteroatoms. The molecule has 1 amide bonds. The van der Waals surface area contributed by atoms with Crippen LogP contribution in [0.5, 0.6) is 0 Å². The molecule has 4 nitrogen and oxygen atoms in total. The molecule has 1 heterocycles. The van der Waals surface area contributed by atoms with Gasteiger partial charge in [0.1, 0.15) is 5.56 Å². The summed E-state index contributed by atoms with van der Waals surface area (Å²) in [7, 11) is 0. The molecule has 0 fully saturated rings. The van der Waals surface area contributed by atoms with Gasteiger partial charge in [-0.25, -0.2) is 0 Å². The van der Waals surface area contributed by atoms with Gasteiger partial charge in [0.05, 0.1) is 0 Å². The molecule has 0 bridgehead atoms. The van der Waals surface area contributed by atoms with Gasteiger partial charge in [0, 0.05) is 5.69 Å². The van der Waals surface area contributed by atoms with Gasteiger partial charge in [-0.15, -0.1) is 12.4 Å². The first-order valence-corrected chi connectivity index (χ1v) is 3.11. The van der Waals surface area contributed by atoms with Crippen molar-refractivity contribution in [3.63, 3.8) is 0 Å². The zero-order chi connectivity index (χ0) is 8.43. The van der Waals surface area contributed by atoms with Crippen LogP contribution in [0.3, 0.4) is 0 Å². The number of halogens is 1. The molecule has 0 unspecified atom stereocenters. The van der Waals surface area contributed by atoms with Crippen LogP contribution in [0.25, 0.3) is 0 Å². The van der Waals surface area contributed by atoms with E-state index in [0.717, 1.165) is 0 Å². The first kappa shape index (κ1) is 10.7. The van der Waals surface area contributed by atoms with Crippen molar-refractivity contribution in [3.05, 3.63) is 33.7 Å². The monoisotopic (exact) mass is 188 g/mol. The normalized spacial score (nSPS) is 8.75. The summed E-state index contributed by atoms with van der Waals surface area (Å²) in [6, 6.07) is 3.04. The third-order valence-electron chi connectivity index (χ3n) is 1.32. The smallest absolute Gasteiger partial charge is 0.260 e. The van der Waals surface area contributed by atoms with E-state index in [0.29, 0.717) is 5.69 Å². The second kappa shape index (κ2) is 3.92. The number of rotatable bonds is 1. The van der Waals surface area contributed by atoms with E-state index >= 15 is 0 Å². The molecule has 1 aromatic rings. The summed E-state index contributed by atoms with van der Waals surface area (Å²) >= 11 is 0. The minimum atomic E-state index is -0.703. The van der Waals surface area contributed by atoms with E-state index in [4.69, 9.17) is 5.73 Å². The zero-order valence-corrected chi connectivity index (χ0v) is 7.27. The molecule has 0 spiro atoms. The second-order valence-corrected chi connectivity index (χ2v) is 2.25. The standard InChI is InChI=1S/C7H8N2O2.ClH/c1-4-2-3-5(6(8)10)7(11)9-4;/h2-3H,1H3,(H2,8,10)(H,9,11);1H. The summed E-state index contributed by atoms with van der Waals surface area (Å²) in [4.78, 5) is 23.9. The van der Waals surface area contributed by atoms with Crippen LogP contribution in [-0.2, 0) is 0 Å². The van der Waals surface area contributed by atoms with Crippen LogP contribution in [0, 0.1) is 6.92 Å². The molecule has 0 atom stereocenters. The lowest BCUT2D eigenvalue weighted by Crippen LogP contribution is -2.23. The highest BCUT2D eigenvalue weighted by atomic mass is 35.5. The molecular weight excluding hydrogens is 180 g/mol. The topological polar surface area (TPSA) is 76.0 Å². The molecule has 0 aliphatic carbocycles. The number of hydrogen-bond donors (Lipinski definition) is 2. The maximum absolute atomic E-state index is 10.9. The average Bonchev–Trinajstić information content (AvgIpc) is 1.85. The Morgan fingerprint density at radius 3 is 2.50 bits per heavy atom. The number of primary amides is 1. The number of aromatic nitrogens is 1. The van der Waals surface area contributed by atoms with Crippen molar-refractivity contribution in [3.8, 4) is 0 Å². The molecule has 12 heavy (non-hydrogen) atoms. The SMILES string of the molecule is Cc1ccc(C(N)=O)c(=O)[nH]1.Cl. The Balaban J connectivity index is 0.00000121. The van der Waals surface area contributed by atoms with E-state index in [9.17, 15) is 9.59 Å². The minimum absolute atomic E-state index is 0. The van der Waals surface area contributed by atoms with Crippen LogP contribution < -0.4 is 11.3 Å². The van der Waals surface area contributed by atoms with Gasteiger partial charge < -0.3 is 10.7 Å². The summed E-state index contributed by atoms with van der Waals surface area (Å²) in [6.07, 6.45) is 0. The van der Waals surface area contributed by atoms with Crippen LogP contribution in [0.15, 0.2) is 16.9 Å². The van der Waals surface area contributed by atoms with E-state index in [2.05, 4.69) is 4.98 Å². The lowest BCUT2D eigenvalue weighted by atomic mass is 10.2. The molecule has 0 aromatic carbocycles. The number of aryl methyl sites for hydroxylation is 1. The van der Waals surface area contributed by atoms with Crippen molar-refractivity contribution in [2.45, 2.75) is 6.92 Å². The van der Waals surface area contributed by atoms with Gasteiger partial charge in [0.25, 0.3) is 11.5 Å². The Kier molecular flexibility index (Phi) is 3.50. The van der Waals surface area contributed by atoms with Crippen molar-refractivity contribution in [1.82, 2.24) is 4.98 Å². The largest absolute Gasteiger partial charge is 0.365 e. The molecule has 1 aromatic heterocycles. The minimum Gasteiger partial charge on any atom is -0.365 e. The summed E-state index contributed by atoms with van der Waals surface area (Å²) in [5.74, 6) is -0.703. The number of pyridine rings is 1. The molecule has 0 saturated heterocycles. The van der Waals surface area contributed by atoms with Gasteiger partial charge in [-0.1, -0.05) is 0 Å². The summed E-state index contributed by atoms with van der Waals surface area (Å²) in [5, 5.41) is 0. The summed E-state index contributed by atoms with van der Waals surface area (Å²) in [6.45, 7) is 1.73. The van der Waals surface area contributed by atoms with Crippen molar-refractivity contribution in [2.75, 3.05) is 0 Å². The number of H-pyrrole nitrogens is 1. The first-order valence-electron chi connectivity index (χ1n) is 3.11. The molecule has 0 aliphatic heterocycles. The molecular formula is C7H9ClN2O2. The van der Waals surface area contributed by atoms with Crippen molar-refractivity contribution in [2.24, 2.45) is 5.73 Å². The van der Waals surface area contributed by atoms with E-state index in [1.165, 1.54) is 6.07 Å². The summed E-state index contributed by atoms with van der Waals surface area (Å²) < 4.78 is 0. The molecule has 66 valence electrons. The van der Waals surface area contributed by atoms with Crippen LogP contribution >= 0.6 is 12.4 Å². The van der Waals surface area contributed by atoms with Crippen LogP contribution in [0.1, 0.15) is 16.1 Å². The molecule has 1 rings (SSSR count). The lowest BCUT2D eigenvalue weighted by Gasteiger charge is -1.94. The van der Waals surface area contributed by atoms with Crippen molar-refractivity contribution in [1.29, 1.82) is 0 Å². The molecule has 0 aliphatic rings. The number of carbonyl (C=O) groups is 1. The fourth-order valence-electron chi connectivity index (χ4n) is 0.766. The zero-order valence-electron chi connectivity index (χ0n) is 6.46. The van der Waals surface area contributed by atoms with E-state index in [-0.39, 0.29) is 18.0 Å². The van der Waals surface area contributed by atoms with Gasteiger partial charge in [0.15, 0.2) is 0 Å². The summed E-state index contributed by atoms with van der Waals surface area (Å²) in [5.41, 5.74) is 5.18. The third kappa shape index (κ3) is 2.10. The number of amides is 1. The lowest BCUT2D eigenvalue weighted by molar-refractivity contribution is 0.0999. The predicted molar refractivity (Wildman–Crippen MR) is 47.6 cm³/mol. The third-order valence-corrected chi connectivity index (χ3v) is 1.32. The van der Waals surface area contributed by atoms with Gasteiger partial charge in [-0.3, -0.25) is 9.59 Å². The number of nitrogens with one attached hydrogen (secondary N) is 1. The van der Waals surface area contributed by atoms with Gasteiger partial charge in [-0.2, -0.15) is 0 Å². The quantitative estimate of drug-likeness (QED) is 0.661. The van der Waals surface area contributed by atoms with E-state index in [1.807, 2.05) is 0 Å². The fraction of sp³-hybridized carbons (Fsp3) is 0.143. The second-order valence-electron chi connectivity index (χ2n) is 2.25. The van der Waals surface area contributed by atoms with Crippen molar-refractivity contribution < 1.29 is 4.79 Å². The van der Waals surface area contributed by atoms with Crippen LogP contribution in [0.2, 0.25) is 0 Å². The number of hydrogen-bond acceptors (Lipinski definition) is 2.